The van der Waals surface area contributed by atoms with Crippen molar-refractivity contribution in [3.8, 4) is 23.0 Å². The van der Waals surface area contributed by atoms with Crippen molar-refractivity contribution in [2.45, 2.75) is 39.2 Å². The summed E-state index contributed by atoms with van der Waals surface area (Å²) in [6.45, 7) is 6.08. The Morgan fingerprint density at radius 3 is 2.18 bits per heavy atom. The van der Waals surface area contributed by atoms with Crippen molar-refractivity contribution in [2.24, 2.45) is 5.92 Å². The molecule has 2 aromatic carbocycles. The number of hydrogen-bond donors (Lipinski definition) is 1. The molecule has 1 heteroatoms. The quantitative estimate of drug-likeness (QED) is 0.795. The molecule has 0 heterocycles. The highest BCUT2D eigenvalue weighted by Gasteiger charge is 2.19. The van der Waals surface area contributed by atoms with Gasteiger partial charge in [-0.05, 0) is 42.5 Å². The molecule has 114 valence electrons. The van der Waals surface area contributed by atoms with Gasteiger partial charge in [0.1, 0.15) is 5.60 Å². The fraction of sp³-hybridized carbons (Fsp3) is 0.333. The van der Waals surface area contributed by atoms with Crippen LogP contribution >= 0.6 is 0 Å². The van der Waals surface area contributed by atoms with Gasteiger partial charge in [0.2, 0.25) is 0 Å². The van der Waals surface area contributed by atoms with Gasteiger partial charge in [0.05, 0.1) is 0 Å². The average Bonchev–Trinajstić information content (AvgIpc) is 2.54. The van der Waals surface area contributed by atoms with Crippen LogP contribution < -0.4 is 0 Å². The first kappa shape index (κ1) is 16.3. The first-order valence-electron chi connectivity index (χ1n) is 7.91. The Hall–Kier alpha value is -2.04. The molecule has 1 nitrogen and oxygen atoms in total. The largest absolute Gasteiger partial charge is 0.378 e. The van der Waals surface area contributed by atoms with Gasteiger partial charge in [-0.15, -0.1) is 0 Å². The van der Waals surface area contributed by atoms with Gasteiger partial charge in [0, 0.05) is 5.56 Å². The van der Waals surface area contributed by atoms with E-state index < -0.39 is 5.60 Å². The molecule has 2 unspecified atom stereocenters. The minimum absolute atomic E-state index is 0.477. The molecule has 22 heavy (non-hydrogen) atoms. The molecule has 0 fully saturated rings. The normalized spacial score (nSPS) is 14.5. The lowest BCUT2D eigenvalue weighted by atomic mass is 9.92. The molecule has 2 aromatic rings. The Labute approximate surface area is 134 Å². The second kappa shape index (κ2) is 7.29. The van der Waals surface area contributed by atoms with E-state index in [1.165, 1.54) is 11.1 Å². The van der Waals surface area contributed by atoms with E-state index in [-0.39, 0.29) is 0 Å². The van der Waals surface area contributed by atoms with Crippen molar-refractivity contribution in [3.63, 3.8) is 0 Å². The molecule has 0 saturated carbocycles. The zero-order valence-corrected chi connectivity index (χ0v) is 13.6. The van der Waals surface area contributed by atoms with Gasteiger partial charge in [-0.1, -0.05) is 74.6 Å². The molecule has 0 bridgehead atoms. The zero-order valence-electron chi connectivity index (χ0n) is 13.6. The van der Waals surface area contributed by atoms with Crippen molar-refractivity contribution in [2.75, 3.05) is 0 Å². The standard InChI is InChI=1S/C21H24O/c1-4-17(2)16-21(3,22)15-14-18-10-12-20(13-11-18)19-8-6-5-7-9-19/h5-13,17,22H,4,16H2,1-3H3. The Bertz CT molecular complexity index is 642. The van der Waals surface area contributed by atoms with E-state index >= 15 is 0 Å². The van der Waals surface area contributed by atoms with Crippen molar-refractivity contribution < 1.29 is 5.11 Å². The molecule has 0 aliphatic heterocycles. The third-order valence-corrected chi connectivity index (χ3v) is 3.91. The van der Waals surface area contributed by atoms with E-state index in [4.69, 9.17) is 0 Å². The Morgan fingerprint density at radius 2 is 1.59 bits per heavy atom. The molecule has 0 spiro atoms. The summed E-state index contributed by atoms with van der Waals surface area (Å²) in [6, 6.07) is 18.4. The van der Waals surface area contributed by atoms with Crippen LogP contribution in [0.4, 0.5) is 0 Å². The third kappa shape index (κ3) is 4.76. The average molecular weight is 292 g/mol. The maximum Gasteiger partial charge on any atom is 0.123 e. The summed E-state index contributed by atoms with van der Waals surface area (Å²) in [5, 5.41) is 10.3. The highest BCUT2D eigenvalue weighted by atomic mass is 16.3. The summed E-state index contributed by atoms with van der Waals surface area (Å²) in [4.78, 5) is 0. The molecule has 0 amide bonds. The van der Waals surface area contributed by atoms with Gasteiger partial charge in [-0.3, -0.25) is 0 Å². The lowest BCUT2D eigenvalue weighted by Gasteiger charge is -2.20. The SMILES string of the molecule is CCC(C)CC(C)(O)C#Cc1ccc(-c2ccccc2)cc1. The summed E-state index contributed by atoms with van der Waals surface area (Å²) in [6.07, 6.45) is 1.77. The van der Waals surface area contributed by atoms with E-state index in [9.17, 15) is 5.11 Å². The Kier molecular flexibility index (Phi) is 5.41. The van der Waals surface area contributed by atoms with Crippen LogP contribution in [0.25, 0.3) is 11.1 Å². The van der Waals surface area contributed by atoms with Crippen LogP contribution in [0.3, 0.4) is 0 Å². The van der Waals surface area contributed by atoms with Crippen LogP contribution in [0.5, 0.6) is 0 Å². The number of benzene rings is 2. The summed E-state index contributed by atoms with van der Waals surface area (Å²) in [5.41, 5.74) is 2.39. The molecular formula is C21H24O. The molecule has 0 aromatic heterocycles. The Balaban J connectivity index is 2.11. The summed E-state index contributed by atoms with van der Waals surface area (Å²) < 4.78 is 0. The van der Waals surface area contributed by atoms with Crippen LogP contribution in [-0.4, -0.2) is 10.7 Å². The predicted octanol–water partition coefficient (Wildman–Crippen LogP) is 4.89. The predicted molar refractivity (Wildman–Crippen MR) is 93.5 cm³/mol. The minimum atomic E-state index is -0.923. The van der Waals surface area contributed by atoms with Crippen LogP contribution in [0.2, 0.25) is 0 Å². The molecule has 0 aliphatic rings. The van der Waals surface area contributed by atoms with Gasteiger partial charge < -0.3 is 5.11 Å². The van der Waals surface area contributed by atoms with Gasteiger partial charge in [-0.25, -0.2) is 0 Å². The van der Waals surface area contributed by atoms with E-state index in [0.717, 1.165) is 12.0 Å². The van der Waals surface area contributed by atoms with E-state index in [2.05, 4.69) is 50.0 Å². The summed E-state index contributed by atoms with van der Waals surface area (Å²) in [7, 11) is 0. The van der Waals surface area contributed by atoms with Crippen molar-refractivity contribution in [1.82, 2.24) is 0 Å². The molecule has 0 aliphatic carbocycles. The fourth-order valence-corrected chi connectivity index (χ4v) is 2.46. The van der Waals surface area contributed by atoms with Crippen molar-refractivity contribution >= 4 is 0 Å². The van der Waals surface area contributed by atoms with Crippen LogP contribution in [0, 0.1) is 17.8 Å². The van der Waals surface area contributed by atoms with Crippen LogP contribution in [0.15, 0.2) is 54.6 Å². The Morgan fingerprint density at radius 1 is 1.00 bits per heavy atom. The monoisotopic (exact) mass is 292 g/mol. The second-order valence-corrected chi connectivity index (χ2v) is 6.18. The van der Waals surface area contributed by atoms with Gasteiger partial charge >= 0.3 is 0 Å². The first-order chi connectivity index (χ1) is 10.5. The molecule has 0 saturated heterocycles. The molecule has 0 radical (unpaired) electrons. The number of aliphatic hydroxyl groups is 1. The molecule has 2 atom stereocenters. The third-order valence-electron chi connectivity index (χ3n) is 3.91. The first-order valence-corrected chi connectivity index (χ1v) is 7.91. The number of hydrogen-bond acceptors (Lipinski definition) is 1. The van der Waals surface area contributed by atoms with E-state index in [0.29, 0.717) is 12.3 Å². The van der Waals surface area contributed by atoms with Crippen molar-refractivity contribution in [1.29, 1.82) is 0 Å². The second-order valence-electron chi connectivity index (χ2n) is 6.18. The van der Waals surface area contributed by atoms with Gasteiger partial charge in [0.15, 0.2) is 0 Å². The smallest absolute Gasteiger partial charge is 0.123 e. The molecular weight excluding hydrogens is 268 g/mol. The highest BCUT2D eigenvalue weighted by molar-refractivity contribution is 5.64. The van der Waals surface area contributed by atoms with Crippen LogP contribution in [0.1, 0.15) is 39.2 Å². The van der Waals surface area contributed by atoms with Crippen LogP contribution in [-0.2, 0) is 0 Å². The summed E-state index contributed by atoms with van der Waals surface area (Å²) >= 11 is 0. The van der Waals surface area contributed by atoms with Crippen molar-refractivity contribution in [3.05, 3.63) is 60.2 Å². The van der Waals surface area contributed by atoms with Gasteiger partial charge in [0.25, 0.3) is 0 Å². The van der Waals surface area contributed by atoms with Gasteiger partial charge in [-0.2, -0.15) is 0 Å². The number of rotatable bonds is 4. The summed E-state index contributed by atoms with van der Waals surface area (Å²) in [5.74, 6) is 6.57. The van der Waals surface area contributed by atoms with E-state index in [1.54, 1.807) is 6.92 Å². The zero-order chi connectivity index (χ0) is 16.0. The maximum absolute atomic E-state index is 10.3. The lowest BCUT2D eigenvalue weighted by Crippen LogP contribution is -2.24. The van der Waals surface area contributed by atoms with E-state index in [1.807, 2.05) is 30.3 Å². The maximum atomic E-state index is 10.3. The fourth-order valence-electron chi connectivity index (χ4n) is 2.46. The highest BCUT2D eigenvalue weighted by Crippen LogP contribution is 2.20. The minimum Gasteiger partial charge on any atom is -0.378 e. The molecule has 2 rings (SSSR count). The molecule has 1 N–H and O–H groups in total. The topological polar surface area (TPSA) is 20.2 Å². The lowest BCUT2D eigenvalue weighted by molar-refractivity contribution is 0.0939.